The van der Waals surface area contributed by atoms with E-state index in [9.17, 15) is 9.59 Å². The van der Waals surface area contributed by atoms with E-state index in [0.29, 0.717) is 133 Å². The van der Waals surface area contributed by atoms with Crippen LogP contribution in [-0.4, -0.2) is 35.2 Å². The van der Waals surface area contributed by atoms with E-state index in [2.05, 4.69) is 249 Å². The number of benzene rings is 6. The molecule has 2 aromatic heterocycles. The largest absolute Gasteiger partial charge is 0.354 e. The molecule has 8 bridgehead atoms. The number of nitrogens with zero attached hydrogens (tertiary/aromatic N) is 2. The molecule has 0 fully saturated rings. The van der Waals surface area contributed by atoms with Crippen LogP contribution in [0.5, 0.6) is 0 Å². The van der Waals surface area contributed by atoms with Gasteiger partial charge in [-0.25, -0.2) is 35.2 Å². The molecule has 548 valence electrons. The van der Waals surface area contributed by atoms with Gasteiger partial charge in [0.1, 0.15) is 0 Å². The fourth-order valence-corrected chi connectivity index (χ4v) is 20.7. The minimum atomic E-state index is -3.95. The number of H-pyrrole nitrogens is 2. The summed E-state index contributed by atoms with van der Waals surface area (Å²) in [4.78, 5) is 49.9. The normalized spacial score (nSPS) is 16.5. The van der Waals surface area contributed by atoms with Crippen molar-refractivity contribution in [2.75, 3.05) is 0 Å². The molecular weight excluding hydrogens is 1360 g/mol. The van der Waals surface area contributed by atoms with Crippen LogP contribution < -0.4 is 21.6 Å². The van der Waals surface area contributed by atoms with Crippen LogP contribution in [0.3, 0.4) is 0 Å². The van der Waals surface area contributed by atoms with Gasteiger partial charge in [-0.3, -0.25) is 9.59 Å². The Kier molecular flexibility index (Phi) is 16.5. The molecule has 0 unspecified atom stereocenters. The Bertz CT molecular complexity index is 6120. The molecule has 0 amide bonds. The third kappa shape index (κ3) is 13.0. The molecule has 7 aromatic carbocycles. The minimum absolute atomic E-state index is 0.178. The van der Waals surface area contributed by atoms with Crippen molar-refractivity contribution in [1.82, 2.24) is 9.97 Å². The Morgan fingerprint density at radius 2 is 0.505 bits per heavy atom. The zero-order valence-corrected chi connectivity index (χ0v) is 68.3. The second kappa shape index (κ2) is 23.4. The lowest BCUT2D eigenvalue weighted by atomic mass is 9.78. The number of hydrogen-bond donors (Lipinski definition) is 2. The smallest absolute Gasteiger partial charge is 0.186 e. The van der Waals surface area contributed by atoms with Crippen LogP contribution in [0.2, 0.25) is 0 Å². The van der Waals surface area contributed by atoms with E-state index in [4.69, 9.17) is 9.98 Å². The summed E-state index contributed by atoms with van der Waals surface area (Å²) in [6, 6.07) is 32.5. The van der Waals surface area contributed by atoms with Crippen molar-refractivity contribution in [3.05, 3.63) is 206 Å². The van der Waals surface area contributed by atoms with Gasteiger partial charge in [0.25, 0.3) is 0 Å². The second-order valence-electron chi connectivity index (χ2n) is 39.0. The molecule has 5 aliphatic rings. The van der Waals surface area contributed by atoms with Crippen molar-refractivity contribution in [1.29, 1.82) is 0 Å². The Morgan fingerprint density at radius 3 is 0.810 bits per heavy atom. The number of nitrogens with one attached hydrogen (secondary N) is 2. The molecule has 0 spiro atoms. The molecule has 0 saturated carbocycles. The molecule has 7 heterocycles. The van der Waals surface area contributed by atoms with Crippen LogP contribution in [0.25, 0.3) is 88.1 Å². The first kappa shape index (κ1) is 73.8. The van der Waals surface area contributed by atoms with Crippen LogP contribution in [0.4, 0.5) is 11.4 Å². The van der Waals surface area contributed by atoms with Gasteiger partial charge in [0.05, 0.1) is 78.7 Å². The maximum absolute atomic E-state index is 15.4. The minimum Gasteiger partial charge on any atom is -0.354 e. The Balaban J connectivity index is 1.41. The third-order valence-corrected chi connectivity index (χ3v) is 26.7. The summed E-state index contributed by atoms with van der Waals surface area (Å²) in [5.74, 6) is -2.23. The third-order valence-electron chi connectivity index (χ3n) is 22.4. The van der Waals surface area contributed by atoms with Gasteiger partial charge in [0.2, 0.25) is 0 Å². The Hall–Kier alpha value is -8.11. The fourth-order valence-electron chi connectivity index (χ4n) is 15.9. The molecule has 15 heteroatoms. The van der Waals surface area contributed by atoms with Crippen molar-refractivity contribution < 1.29 is 25.3 Å². The molecule has 0 aliphatic carbocycles. The molecular formula is C90H102N4O8S3. The molecule has 14 rings (SSSR count). The van der Waals surface area contributed by atoms with Gasteiger partial charge in [-0.15, -0.1) is 0 Å². The summed E-state index contributed by atoms with van der Waals surface area (Å²) >= 11 is 0. The van der Waals surface area contributed by atoms with Gasteiger partial charge in [0, 0.05) is 43.8 Å². The lowest BCUT2D eigenvalue weighted by Gasteiger charge is -2.26. The molecule has 0 saturated heterocycles. The fraction of sp³-hybridized carbons (Fsp3) is 0.422. The Morgan fingerprint density at radius 1 is 0.267 bits per heavy atom. The lowest BCUT2D eigenvalue weighted by Crippen LogP contribution is -2.18. The van der Waals surface area contributed by atoms with E-state index in [-0.39, 0.29) is 56.1 Å². The SMILES string of the molecule is CC(C)(C)c1cc(-c2c3c4c(c(c(-c5cc(C(C)(C)C)cc(C(C)(C)C)c5)c5[nH]c(c6c5CS(=O)(=O)C6)c(-c5cc(C(C)(C)C)cc(C(C)(C)C)c5)c5c6cc7c(=O)ccc(=O)c7cc6c(c(-c6cc(C(C)(C)C)cc(C(C)(C)C)c6)c6[nH]c2c2c6CS(=O)(=O)C2)N=5)=N3)CS(=O)(=O)C4)cc(C(C)(C)C)c1. The standard InChI is InChI=1S/C90H102N4O8S3/c1-83(2,3)51-27-47(28-52(35-51)84(4,5)6)71-75-61-39-59-60(70(96)26-25-69(59)95)40-62(61)76(91-75)72(48-29-53(85(7,8)9)36-54(30-48)86(10,11)12)78-64-42-104(99,100)44-66(64)80(93-78)74(50-33-57(89(19,20)21)38-58(34-50)90(22,23)24)82-68-46-105(101,102)45-67(68)81(94-82)73(79-65-43-103(97,98)41-63(65)77(71)92-79)49-31-55(87(13,14)15)37-56(32-49)88(16,17)18/h25-40,92-93H,41-46H2,1-24H3. The summed E-state index contributed by atoms with van der Waals surface area (Å²) < 4.78 is 92.1. The summed E-state index contributed by atoms with van der Waals surface area (Å²) in [7, 11) is -11.8. The zero-order valence-electron chi connectivity index (χ0n) is 65.9. The number of fused-ring (bicyclic) bond motifs is 1. The van der Waals surface area contributed by atoms with Gasteiger partial charge in [-0.2, -0.15) is 0 Å². The van der Waals surface area contributed by atoms with Crippen LogP contribution in [0, 0.1) is 0 Å². The van der Waals surface area contributed by atoms with E-state index in [1.165, 1.54) is 12.1 Å². The van der Waals surface area contributed by atoms with Crippen molar-refractivity contribution in [3.63, 3.8) is 0 Å². The number of aromatic amines is 2. The number of rotatable bonds is 4. The summed E-state index contributed by atoms with van der Waals surface area (Å²) in [5.41, 5.74) is 14.2. The highest BCUT2D eigenvalue weighted by Crippen LogP contribution is 2.53. The van der Waals surface area contributed by atoms with Gasteiger partial charge in [-0.1, -0.05) is 239 Å². The topological polar surface area (TPSA) is 193 Å². The molecule has 9 aromatic rings. The second-order valence-corrected chi connectivity index (χ2v) is 45.2. The van der Waals surface area contributed by atoms with E-state index >= 15 is 25.3 Å². The van der Waals surface area contributed by atoms with E-state index in [0.717, 1.165) is 44.5 Å². The van der Waals surface area contributed by atoms with Crippen molar-refractivity contribution in [3.8, 4) is 44.5 Å². The first-order chi connectivity index (χ1) is 48.0. The quantitative estimate of drug-likeness (QED) is 0.174. The summed E-state index contributed by atoms with van der Waals surface area (Å²) in [5, 5.41) is 2.12. The van der Waals surface area contributed by atoms with Crippen LogP contribution in [0.1, 0.15) is 244 Å². The number of sulfone groups is 3. The highest BCUT2D eigenvalue weighted by atomic mass is 32.2. The van der Waals surface area contributed by atoms with Crippen molar-refractivity contribution in [2.45, 2.75) is 244 Å². The van der Waals surface area contributed by atoms with Crippen molar-refractivity contribution in [2.24, 2.45) is 9.98 Å². The maximum Gasteiger partial charge on any atom is 0.186 e. The van der Waals surface area contributed by atoms with Gasteiger partial charge in [-0.05, 0) is 168 Å². The van der Waals surface area contributed by atoms with Gasteiger partial charge < -0.3 is 9.97 Å². The molecule has 5 aliphatic heterocycles. The van der Waals surface area contributed by atoms with E-state index < -0.39 is 72.8 Å². The molecule has 0 atom stereocenters. The van der Waals surface area contributed by atoms with Crippen LogP contribution in [-0.2, 0) is 107 Å². The number of aromatic nitrogens is 2. The predicted octanol–water partition coefficient (Wildman–Crippen LogP) is 19.8. The summed E-state index contributed by atoms with van der Waals surface area (Å²) in [6.07, 6.45) is 0. The maximum atomic E-state index is 15.4. The summed E-state index contributed by atoms with van der Waals surface area (Å²) in [6.45, 7) is 52.0. The van der Waals surface area contributed by atoms with E-state index in [1.807, 2.05) is 0 Å². The lowest BCUT2D eigenvalue weighted by molar-refractivity contribution is 0.568. The monoisotopic (exact) mass is 1460 g/mol. The van der Waals surface area contributed by atoms with Crippen LogP contribution >= 0.6 is 0 Å². The molecule has 12 nitrogen and oxygen atoms in total. The average Bonchev–Trinajstić information content (AvgIpc) is 1.55. The first-order valence-corrected chi connectivity index (χ1v) is 42.4. The number of hydrogen-bond acceptors (Lipinski definition) is 10. The van der Waals surface area contributed by atoms with E-state index in [1.54, 1.807) is 12.1 Å². The highest BCUT2D eigenvalue weighted by molar-refractivity contribution is 7.90. The predicted molar refractivity (Wildman–Crippen MR) is 435 cm³/mol. The van der Waals surface area contributed by atoms with Gasteiger partial charge in [0.15, 0.2) is 40.4 Å². The van der Waals surface area contributed by atoms with Crippen molar-refractivity contribution >= 4 is 84.5 Å². The highest BCUT2D eigenvalue weighted by Gasteiger charge is 2.41. The zero-order chi connectivity index (χ0) is 76.7. The first-order valence-electron chi connectivity index (χ1n) is 36.9. The van der Waals surface area contributed by atoms with Gasteiger partial charge >= 0.3 is 0 Å². The molecule has 0 radical (unpaired) electrons. The molecule has 2 N–H and O–H groups in total. The Labute approximate surface area is 620 Å². The molecule has 105 heavy (non-hydrogen) atoms. The van der Waals surface area contributed by atoms with Crippen LogP contribution in [0.15, 0.2) is 117 Å². The average molecular weight is 1460 g/mol.